The van der Waals surface area contributed by atoms with Gasteiger partial charge in [0.2, 0.25) is 15.9 Å². The van der Waals surface area contributed by atoms with E-state index in [1.54, 1.807) is 6.07 Å². The number of hydrogen-bond donors (Lipinski definition) is 1. The number of nitrogens with one attached hydrogen (secondary N) is 1. The molecule has 2 rings (SSSR count). The number of amides is 1. The van der Waals surface area contributed by atoms with Crippen LogP contribution in [0.1, 0.15) is 28.7 Å². The van der Waals surface area contributed by atoms with Crippen LogP contribution in [0.5, 0.6) is 0 Å². The van der Waals surface area contributed by atoms with Gasteiger partial charge in [0.05, 0.1) is 11.9 Å². The summed E-state index contributed by atoms with van der Waals surface area (Å²) in [6.45, 7) is 6.47. The fourth-order valence-electron chi connectivity index (χ4n) is 2.57. The van der Waals surface area contributed by atoms with Gasteiger partial charge in [0.15, 0.2) is 0 Å². The molecule has 0 saturated heterocycles. The monoisotopic (exact) mass is 374 g/mol. The van der Waals surface area contributed by atoms with Crippen LogP contribution in [0.3, 0.4) is 0 Å². The van der Waals surface area contributed by atoms with E-state index in [0.29, 0.717) is 12.2 Å². The molecule has 0 aliphatic heterocycles. The van der Waals surface area contributed by atoms with E-state index in [1.165, 1.54) is 4.31 Å². The maximum Gasteiger partial charge on any atom is 0.232 e. The van der Waals surface area contributed by atoms with Gasteiger partial charge in [0.1, 0.15) is 0 Å². The number of benzene rings is 2. The molecule has 2 aromatic rings. The van der Waals surface area contributed by atoms with E-state index in [9.17, 15) is 13.2 Å². The third kappa shape index (κ3) is 5.59. The molecular weight excluding hydrogens is 348 g/mol. The zero-order valence-electron chi connectivity index (χ0n) is 15.7. The van der Waals surface area contributed by atoms with Crippen LogP contribution in [0.4, 0.5) is 5.69 Å². The normalized spacial score (nSPS) is 11.2. The minimum atomic E-state index is -3.46. The molecule has 0 atom stereocenters. The largest absolute Gasteiger partial charge is 0.352 e. The molecule has 0 fully saturated rings. The fourth-order valence-corrected chi connectivity index (χ4v) is 3.48. The lowest BCUT2D eigenvalue weighted by Crippen LogP contribution is -2.34. The highest BCUT2D eigenvalue weighted by molar-refractivity contribution is 7.92. The first-order chi connectivity index (χ1) is 12.2. The highest BCUT2D eigenvalue weighted by Gasteiger charge is 2.19. The van der Waals surface area contributed by atoms with Crippen LogP contribution in [0.2, 0.25) is 0 Å². The molecule has 0 aliphatic carbocycles. The second kappa shape index (κ2) is 8.36. The Morgan fingerprint density at radius 1 is 1.00 bits per heavy atom. The lowest BCUT2D eigenvalue weighted by molar-refractivity contribution is -0.121. The Balaban J connectivity index is 1.99. The van der Waals surface area contributed by atoms with E-state index in [0.717, 1.165) is 28.5 Å². The van der Waals surface area contributed by atoms with Crippen LogP contribution in [0, 0.1) is 20.8 Å². The number of aryl methyl sites for hydroxylation is 3. The molecule has 5 nitrogen and oxygen atoms in total. The van der Waals surface area contributed by atoms with Gasteiger partial charge in [-0.15, -0.1) is 0 Å². The first-order valence-electron chi connectivity index (χ1n) is 8.54. The Morgan fingerprint density at radius 2 is 1.65 bits per heavy atom. The molecule has 0 heterocycles. The maximum absolute atomic E-state index is 12.1. The van der Waals surface area contributed by atoms with Crippen molar-refractivity contribution in [3.05, 3.63) is 64.7 Å². The molecule has 26 heavy (non-hydrogen) atoms. The van der Waals surface area contributed by atoms with Gasteiger partial charge in [0, 0.05) is 19.5 Å². The van der Waals surface area contributed by atoms with Crippen LogP contribution in [-0.4, -0.2) is 27.1 Å². The van der Waals surface area contributed by atoms with Gasteiger partial charge < -0.3 is 5.32 Å². The summed E-state index contributed by atoms with van der Waals surface area (Å²) in [7, 11) is -3.46. The molecule has 1 amide bonds. The number of nitrogens with zero attached hydrogens (tertiary/aromatic N) is 1. The topological polar surface area (TPSA) is 66.5 Å². The Morgan fingerprint density at radius 3 is 2.23 bits per heavy atom. The van der Waals surface area contributed by atoms with Crippen molar-refractivity contribution < 1.29 is 13.2 Å². The molecule has 140 valence electrons. The predicted octanol–water partition coefficient (Wildman–Crippen LogP) is 3.08. The first kappa shape index (κ1) is 20.0. The zero-order chi connectivity index (χ0) is 19.3. The van der Waals surface area contributed by atoms with Crippen molar-refractivity contribution in [2.75, 3.05) is 17.1 Å². The summed E-state index contributed by atoms with van der Waals surface area (Å²) in [5.41, 5.74) is 4.87. The van der Waals surface area contributed by atoms with E-state index in [-0.39, 0.29) is 18.9 Å². The smallest absolute Gasteiger partial charge is 0.232 e. The van der Waals surface area contributed by atoms with Crippen molar-refractivity contribution in [1.29, 1.82) is 0 Å². The first-order valence-corrected chi connectivity index (χ1v) is 10.4. The number of anilines is 1. The summed E-state index contributed by atoms with van der Waals surface area (Å²) in [5.74, 6) is -0.178. The van der Waals surface area contributed by atoms with E-state index >= 15 is 0 Å². The van der Waals surface area contributed by atoms with E-state index in [1.807, 2.05) is 57.2 Å². The highest BCUT2D eigenvalue weighted by Crippen LogP contribution is 2.21. The van der Waals surface area contributed by atoms with Gasteiger partial charge in [0.25, 0.3) is 0 Å². The Kier molecular flexibility index (Phi) is 6.42. The van der Waals surface area contributed by atoms with Crippen molar-refractivity contribution in [2.45, 2.75) is 33.7 Å². The van der Waals surface area contributed by atoms with Crippen molar-refractivity contribution in [1.82, 2.24) is 5.32 Å². The molecule has 1 N–H and O–H groups in total. The van der Waals surface area contributed by atoms with Crippen LogP contribution >= 0.6 is 0 Å². The summed E-state index contributed by atoms with van der Waals surface area (Å²) in [6, 6.07) is 13.4. The van der Waals surface area contributed by atoms with Gasteiger partial charge in [-0.2, -0.15) is 0 Å². The fraction of sp³-hybridized carbons (Fsp3) is 0.350. The maximum atomic E-state index is 12.1. The van der Waals surface area contributed by atoms with Crippen molar-refractivity contribution in [3.63, 3.8) is 0 Å². The number of rotatable bonds is 7. The molecule has 6 heteroatoms. The summed E-state index contributed by atoms with van der Waals surface area (Å²) in [6.07, 6.45) is 1.26. The molecule has 0 bridgehead atoms. The van der Waals surface area contributed by atoms with Gasteiger partial charge in [-0.25, -0.2) is 8.42 Å². The molecule has 0 aliphatic rings. The van der Waals surface area contributed by atoms with E-state index in [2.05, 4.69) is 5.32 Å². The van der Waals surface area contributed by atoms with Gasteiger partial charge >= 0.3 is 0 Å². The minimum Gasteiger partial charge on any atom is -0.352 e. The lowest BCUT2D eigenvalue weighted by Gasteiger charge is -2.23. The van der Waals surface area contributed by atoms with Gasteiger partial charge in [-0.05, 0) is 49.6 Å². The van der Waals surface area contributed by atoms with Crippen molar-refractivity contribution >= 4 is 21.6 Å². The zero-order valence-corrected chi connectivity index (χ0v) is 16.6. The summed E-state index contributed by atoms with van der Waals surface area (Å²) < 4.78 is 25.6. The van der Waals surface area contributed by atoms with E-state index in [4.69, 9.17) is 0 Å². The summed E-state index contributed by atoms with van der Waals surface area (Å²) in [5, 5.41) is 2.84. The SMILES string of the molecule is Cc1ccc(CNC(=O)CCN(c2ccc(C)c(C)c2)S(C)(=O)=O)cc1. The standard InChI is InChI=1S/C20H26N2O3S/c1-15-5-8-18(9-6-15)14-21-20(23)11-12-22(26(4,24)25)19-10-7-16(2)17(3)13-19/h5-10,13H,11-12,14H2,1-4H3,(H,21,23). The summed E-state index contributed by atoms with van der Waals surface area (Å²) in [4.78, 5) is 12.1. The molecule has 0 aromatic heterocycles. The van der Waals surface area contributed by atoms with Crippen LogP contribution < -0.4 is 9.62 Å². The average Bonchev–Trinajstić information content (AvgIpc) is 2.56. The third-order valence-electron chi connectivity index (χ3n) is 4.33. The van der Waals surface area contributed by atoms with Crippen molar-refractivity contribution in [3.8, 4) is 0 Å². The molecule has 0 spiro atoms. The molecule has 0 unspecified atom stereocenters. The molecule has 2 aromatic carbocycles. The van der Waals surface area contributed by atoms with Crippen LogP contribution in [0.25, 0.3) is 0 Å². The molecule has 0 saturated carbocycles. The lowest BCUT2D eigenvalue weighted by atomic mass is 10.1. The number of carbonyl (C=O) groups excluding carboxylic acids is 1. The van der Waals surface area contributed by atoms with Crippen molar-refractivity contribution in [2.24, 2.45) is 0 Å². The summed E-state index contributed by atoms with van der Waals surface area (Å²) >= 11 is 0. The van der Waals surface area contributed by atoms with Gasteiger partial charge in [-0.1, -0.05) is 35.9 Å². The average molecular weight is 375 g/mol. The Labute approximate surface area is 156 Å². The third-order valence-corrected chi connectivity index (χ3v) is 5.53. The highest BCUT2D eigenvalue weighted by atomic mass is 32.2. The molecular formula is C20H26N2O3S. The van der Waals surface area contributed by atoms with Crippen LogP contribution in [-0.2, 0) is 21.4 Å². The molecule has 0 radical (unpaired) electrons. The Bertz CT molecular complexity index is 874. The second-order valence-corrected chi connectivity index (χ2v) is 8.52. The Hall–Kier alpha value is -2.34. The van der Waals surface area contributed by atoms with Gasteiger partial charge in [-0.3, -0.25) is 9.10 Å². The second-order valence-electron chi connectivity index (χ2n) is 6.62. The quantitative estimate of drug-likeness (QED) is 0.810. The number of sulfonamides is 1. The number of hydrogen-bond acceptors (Lipinski definition) is 3. The van der Waals surface area contributed by atoms with Crippen LogP contribution in [0.15, 0.2) is 42.5 Å². The predicted molar refractivity (Wildman–Crippen MR) is 106 cm³/mol. The number of carbonyl (C=O) groups is 1. The minimum absolute atomic E-state index is 0.103. The van der Waals surface area contributed by atoms with E-state index < -0.39 is 10.0 Å².